The summed E-state index contributed by atoms with van der Waals surface area (Å²) in [6.45, 7) is 3.20. The summed E-state index contributed by atoms with van der Waals surface area (Å²) < 4.78 is 0. The van der Waals surface area contributed by atoms with Gasteiger partial charge in [0, 0.05) is 24.4 Å². The van der Waals surface area contributed by atoms with E-state index in [-0.39, 0.29) is 12.5 Å². The van der Waals surface area contributed by atoms with Crippen molar-refractivity contribution in [2.45, 2.75) is 32.7 Å². The maximum Gasteiger partial charge on any atom is 0.312 e. The van der Waals surface area contributed by atoms with E-state index in [0.29, 0.717) is 35.9 Å². The summed E-state index contributed by atoms with van der Waals surface area (Å²) in [7, 11) is 0. The molecule has 1 aliphatic rings. The summed E-state index contributed by atoms with van der Waals surface area (Å²) in [6.07, 6.45) is 2.30. The number of carbonyl (C=O) groups excluding carboxylic acids is 3. The van der Waals surface area contributed by atoms with Crippen LogP contribution in [0.3, 0.4) is 0 Å². The minimum atomic E-state index is -0.584. The number of nitrogens with zero attached hydrogens (tertiary/aromatic N) is 2. The summed E-state index contributed by atoms with van der Waals surface area (Å²) in [4.78, 5) is 43.5. The number of hydrogen-bond acceptors (Lipinski definition) is 6. The molecule has 0 saturated heterocycles. The number of nitrogens with two attached hydrogens (primary N) is 1. The Labute approximate surface area is 167 Å². The van der Waals surface area contributed by atoms with Crippen LogP contribution in [-0.4, -0.2) is 40.7 Å². The number of anilines is 2. The van der Waals surface area contributed by atoms with Crippen LogP contribution in [0.25, 0.3) is 0 Å². The van der Waals surface area contributed by atoms with Gasteiger partial charge in [-0.15, -0.1) is 11.3 Å². The number of fused-ring (bicyclic) bond motifs is 1. The standard InChI is InChI=1S/C19H23N5O3S/c1-2-3-9-21-17(26)19(27)24-10-8-14-15(11-24)28-18(23-14)16(25)22-13-7-5-4-6-12(13)20/h4-7H,2-3,8-11,20H2,1H3,(H,21,26)(H,22,25). The number of nitrogen functional groups attached to an aromatic ring is 1. The third kappa shape index (κ3) is 4.48. The zero-order chi connectivity index (χ0) is 20.1. The number of rotatable bonds is 5. The van der Waals surface area contributed by atoms with E-state index >= 15 is 0 Å². The monoisotopic (exact) mass is 401 g/mol. The first kappa shape index (κ1) is 19.8. The molecule has 4 N–H and O–H groups in total. The molecule has 0 atom stereocenters. The molecule has 0 spiro atoms. The van der Waals surface area contributed by atoms with Gasteiger partial charge in [-0.25, -0.2) is 4.98 Å². The summed E-state index contributed by atoms with van der Waals surface area (Å²) in [5.74, 6) is -1.47. The molecule has 0 aliphatic carbocycles. The minimum absolute atomic E-state index is 0.286. The first-order chi connectivity index (χ1) is 13.5. The van der Waals surface area contributed by atoms with Crippen molar-refractivity contribution < 1.29 is 14.4 Å². The van der Waals surface area contributed by atoms with Gasteiger partial charge in [0.05, 0.1) is 23.6 Å². The molecule has 3 rings (SSSR count). The van der Waals surface area contributed by atoms with Crippen LogP contribution in [0, 0.1) is 0 Å². The molecular weight excluding hydrogens is 378 g/mol. The van der Waals surface area contributed by atoms with Gasteiger partial charge in [-0.2, -0.15) is 0 Å². The lowest BCUT2D eigenvalue weighted by molar-refractivity contribution is -0.146. The Kier molecular flexibility index (Phi) is 6.25. The summed E-state index contributed by atoms with van der Waals surface area (Å²) in [6, 6.07) is 7.00. The van der Waals surface area contributed by atoms with Crippen LogP contribution in [0.1, 0.15) is 40.1 Å². The average Bonchev–Trinajstić information content (AvgIpc) is 3.12. The van der Waals surface area contributed by atoms with Gasteiger partial charge in [0.25, 0.3) is 5.91 Å². The van der Waals surface area contributed by atoms with Crippen molar-refractivity contribution in [2.75, 3.05) is 24.1 Å². The van der Waals surface area contributed by atoms with Crippen molar-refractivity contribution in [3.63, 3.8) is 0 Å². The number of para-hydroxylation sites is 2. The van der Waals surface area contributed by atoms with E-state index in [1.54, 1.807) is 24.3 Å². The van der Waals surface area contributed by atoms with Crippen molar-refractivity contribution in [3.8, 4) is 0 Å². The molecule has 0 saturated carbocycles. The van der Waals surface area contributed by atoms with E-state index in [4.69, 9.17) is 5.73 Å². The van der Waals surface area contributed by atoms with E-state index < -0.39 is 11.8 Å². The smallest absolute Gasteiger partial charge is 0.312 e. The third-order valence-electron chi connectivity index (χ3n) is 4.43. The number of nitrogens with one attached hydrogen (secondary N) is 2. The molecule has 8 nitrogen and oxygen atoms in total. The summed E-state index contributed by atoms with van der Waals surface area (Å²) in [5.41, 5.74) is 7.66. The second kappa shape index (κ2) is 8.83. The van der Waals surface area contributed by atoms with Crippen molar-refractivity contribution in [2.24, 2.45) is 0 Å². The topological polar surface area (TPSA) is 117 Å². The van der Waals surface area contributed by atoms with Crippen LogP contribution in [-0.2, 0) is 22.6 Å². The molecule has 28 heavy (non-hydrogen) atoms. The Balaban J connectivity index is 1.64. The van der Waals surface area contributed by atoms with Gasteiger partial charge in [-0.1, -0.05) is 25.5 Å². The SMILES string of the molecule is CCCCNC(=O)C(=O)N1CCc2nc(C(=O)Nc3ccccc3N)sc2C1. The number of benzene rings is 1. The second-order valence-corrected chi connectivity index (χ2v) is 7.60. The molecule has 0 bridgehead atoms. The molecule has 3 amide bonds. The maximum atomic E-state index is 12.5. The fourth-order valence-electron chi connectivity index (χ4n) is 2.85. The average molecular weight is 401 g/mol. The Bertz CT molecular complexity index is 895. The minimum Gasteiger partial charge on any atom is -0.397 e. The first-order valence-electron chi connectivity index (χ1n) is 9.21. The highest BCUT2D eigenvalue weighted by molar-refractivity contribution is 7.13. The number of aromatic nitrogens is 1. The Morgan fingerprint density at radius 1 is 1.29 bits per heavy atom. The van der Waals surface area contributed by atoms with E-state index in [1.165, 1.54) is 16.2 Å². The third-order valence-corrected chi connectivity index (χ3v) is 5.51. The highest BCUT2D eigenvalue weighted by Crippen LogP contribution is 2.26. The van der Waals surface area contributed by atoms with Crippen LogP contribution >= 0.6 is 11.3 Å². The van der Waals surface area contributed by atoms with E-state index in [1.807, 2.05) is 6.92 Å². The van der Waals surface area contributed by atoms with E-state index in [2.05, 4.69) is 15.6 Å². The highest BCUT2D eigenvalue weighted by Gasteiger charge is 2.29. The zero-order valence-corrected chi connectivity index (χ0v) is 16.5. The Morgan fingerprint density at radius 3 is 2.82 bits per heavy atom. The molecular formula is C19H23N5O3S. The fourth-order valence-corrected chi connectivity index (χ4v) is 3.87. The van der Waals surface area contributed by atoms with Crippen molar-refractivity contribution in [1.29, 1.82) is 0 Å². The van der Waals surface area contributed by atoms with Gasteiger partial charge in [-0.05, 0) is 18.6 Å². The predicted octanol–water partition coefficient (Wildman–Crippen LogP) is 1.78. The zero-order valence-electron chi connectivity index (χ0n) is 15.7. The molecule has 1 aromatic heterocycles. The molecule has 1 aliphatic heterocycles. The number of thiazole rings is 1. The van der Waals surface area contributed by atoms with Crippen molar-refractivity contribution >= 4 is 40.4 Å². The molecule has 0 unspecified atom stereocenters. The number of amides is 3. The van der Waals surface area contributed by atoms with Gasteiger partial charge < -0.3 is 21.3 Å². The van der Waals surface area contributed by atoms with Gasteiger partial charge >= 0.3 is 11.8 Å². The molecule has 9 heteroatoms. The van der Waals surface area contributed by atoms with E-state index in [0.717, 1.165) is 23.4 Å². The van der Waals surface area contributed by atoms with Crippen LogP contribution in [0.4, 0.5) is 11.4 Å². The lowest BCUT2D eigenvalue weighted by Gasteiger charge is -2.25. The van der Waals surface area contributed by atoms with Gasteiger partial charge in [0.1, 0.15) is 0 Å². The van der Waals surface area contributed by atoms with Crippen LogP contribution in [0.5, 0.6) is 0 Å². The Hall–Kier alpha value is -2.94. The van der Waals surface area contributed by atoms with E-state index in [9.17, 15) is 14.4 Å². The normalized spacial score (nSPS) is 13.0. The van der Waals surface area contributed by atoms with Gasteiger partial charge in [-0.3, -0.25) is 14.4 Å². The van der Waals surface area contributed by atoms with Crippen LogP contribution in [0.2, 0.25) is 0 Å². The molecule has 2 aromatic rings. The summed E-state index contributed by atoms with van der Waals surface area (Å²) >= 11 is 1.23. The van der Waals surface area contributed by atoms with Crippen molar-refractivity contribution in [1.82, 2.24) is 15.2 Å². The molecule has 0 radical (unpaired) electrons. The molecule has 2 heterocycles. The van der Waals surface area contributed by atoms with Crippen LogP contribution in [0.15, 0.2) is 24.3 Å². The molecule has 148 valence electrons. The predicted molar refractivity (Wildman–Crippen MR) is 108 cm³/mol. The molecule has 1 aromatic carbocycles. The van der Waals surface area contributed by atoms with Crippen LogP contribution < -0.4 is 16.4 Å². The van der Waals surface area contributed by atoms with Crippen molar-refractivity contribution in [3.05, 3.63) is 39.8 Å². The lowest BCUT2D eigenvalue weighted by Crippen LogP contribution is -2.45. The first-order valence-corrected chi connectivity index (χ1v) is 10.0. The molecule has 0 fully saturated rings. The largest absolute Gasteiger partial charge is 0.397 e. The fraction of sp³-hybridized carbons (Fsp3) is 0.368. The lowest BCUT2D eigenvalue weighted by atomic mass is 10.2. The second-order valence-electron chi connectivity index (χ2n) is 6.52. The highest BCUT2D eigenvalue weighted by atomic mass is 32.1. The Morgan fingerprint density at radius 2 is 2.07 bits per heavy atom. The van der Waals surface area contributed by atoms with Gasteiger partial charge in [0.15, 0.2) is 5.01 Å². The maximum absolute atomic E-state index is 12.5. The summed E-state index contributed by atoms with van der Waals surface area (Å²) in [5, 5.41) is 5.71. The number of unbranched alkanes of at least 4 members (excludes halogenated alkanes) is 1. The van der Waals surface area contributed by atoms with Gasteiger partial charge in [0.2, 0.25) is 0 Å². The quantitative estimate of drug-likeness (QED) is 0.401. The number of carbonyl (C=O) groups is 3. The number of hydrogen-bond donors (Lipinski definition) is 3.